The van der Waals surface area contributed by atoms with Gasteiger partial charge in [-0.3, -0.25) is 4.98 Å². The highest BCUT2D eigenvalue weighted by Crippen LogP contribution is 2.37. The number of halogens is 6. The second kappa shape index (κ2) is 8.07. The highest BCUT2D eigenvalue weighted by atomic mass is 19.4. The maximum absolute atomic E-state index is 12.8. The average molecular weight is 434 g/mol. The van der Waals surface area contributed by atoms with Crippen molar-refractivity contribution in [2.45, 2.75) is 49.8 Å². The van der Waals surface area contributed by atoms with E-state index in [1.807, 2.05) is 0 Å². The molecule has 2 heterocycles. The lowest BCUT2D eigenvalue weighted by Gasteiger charge is -2.41. The molecule has 0 spiro atoms. The van der Waals surface area contributed by atoms with Gasteiger partial charge in [0.05, 0.1) is 22.9 Å². The molecule has 3 unspecified atom stereocenters. The van der Waals surface area contributed by atoms with Crippen LogP contribution in [0.15, 0.2) is 42.7 Å². The largest absolute Gasteiger partial charge is 0.490 e. The third-order valence-electron chi connectivity index (χ3n) is 4.99. The third kappa shape index (κ3) is 5.23. The highest BCUT2D eigenvalue weighted by Gasteiger charge is 2.40. The Morgan fingerprint density at radius 1 is 1.03 bits per heavy atom. The Hall–Kier alpha value is -2.33. The second-order valence-corrected chi connectivity index (χ2v) is 7.50. The molecule has 0 amide bonds. The van der Waals surface area contributed by atoms with Crippen LogP contribution in [-0.2, 0) is 18.0 Å². The molecule has 0 bridgehead atoms. The number of hydrogen-bond donors (Lipinski definition) is 2. The number of ether oxygens (including phenoxy) is 1. The Balaban J connectivity index is 1.71. The van der Waals surface area contributed by atoms with Gasteiger partial charge in [-0.15, -0.1) is 0 Å². The van der Waals surface area contributed by atoms with E-state index in [1.165, 1.54) is 12.1 Å². The van der Waals surface area contributed by atoms with E-state index in [0.29, 0.717) is 11.8 Å². The summed E-state index contributed by atoms with van der Waals surface area (Å²) in [5.74, 6) is -0.0667. The van der Waals surface area contributed by atoms with Crippen molar-refractivity contribution in [1.29, 1.82) is 0 Å². The summed E-state index contributed by atoms with van der Waals surface area (Å²) in [5, 5.41) is 14.3. The molecular weight excluding hydrogens is 414 g/mol. The predicted octanol–water partition coefficient (Wildman–Crippen LogP) is 4.53. The lowest BCUT2D eigenvalue weighted by molar-refractivity contribution is -0.138. The van der Waals surface area contributed by atoms with Crippen LogP contribution in [0.1, 0.15) is 36.5 Å². The van der Waals surface area contributed by atoms with Crippen LogP contribution >= 0.6 is 0 Å². The van der Waals surface area contributed by atoms with Gasteiger partial charge in [0.2, 0.25) is 0 Å². The summed E-state index contributed by atoms with van der Waals surface area (Å²) >= 11 is 0. The van der Waals surface area contributed by atoms with Crippen molar-refractivity contribution in [2.24, 2.45) is 0 Å². The van der Waals surface area contributed by atoms with Crippen LogP contribution in [0.3, 0.4) is 0 Å². The molecule has 0 saturated carbocycles. The molecule has 3 rings (SSSR count). The minimum absolute atomic E-state index is 0.0454. The molecule has 1 aliphatic rings. The van der Waals surface area contributed by atoms with Crippen molar-refractivity contribution in [1.82, 2.24) is 10.3 Å². The number of nitrogens with zero attached hydrogens (tertiary/aromatic N) is 1. The monoisotopic (exact) mass is 434 g/mol. The van der Waals surface area contributed by atoms with Gasteiger partial charge in [-0.05, 0) is 43.5 Å². The maximum Gasteiger partial charge on any atom is 0.418 e. The molecule has 0 radical (unpaired) electrons. The molecule has 1 saturated heterocycles. The quantitative estimate of drug-likeness (QED) is 0.695. The third-order valence-corrected chi connectivity index (χ3v) is 4.99. The molecule has 1 aromatic heterocycles. The molecular formula is C20H20F6N2O2. The molecule has 10 heteroatoms. The summed E-state index contributed by atoms with van der Waals surface area (Å²) in [7, 11) is 0. The molecule has 2 N–H and O–H groups in total. The van der Waals surface area contributed by atoms with E-state index in [-0.39, 0.29) is 31.2 Å². The first-order chi connectivity index (χ1) is 13.9. The Bertz CT molecular complexity index is 869. The molecule has 0 aliphatic carbocycles. The first-order valence-electron chi connectivity index (χ1n) is 9.18. The van der Waals surface area contributed by atoms with Crippen molar-refractivity contribution in [3.63, 3.8) is 0 Å². The van der Waals surface area contributed by atoms with Gasteiger partial charge in [0.25, 0.3) is 0 Å². The van der Waals surface area contributed by atoms with Crippen LogP contribution < -0.4 is 10.1 Å². The van der Waals surface area contributed by atoms with E-state index in [1.54, 1.807) is 6.92 Å². The standard InChI is InChI=1S/C20H20F6N2O2/c1-12-7-18(29,13-2-4-14(5-3-13)19(21,22)23)8-16(28-12)11-30-17-6-15(9-27-10-17)20(24,25)26/h2-6,9-10,12,16,28-29H,7-8,11H2,1H3. The summed E-state index contributed by atoms with van der Waals surface area (Å²) in [5.41, 5.74) is -2.80. The van der Waals surface area contributed by atoms with Crippen molar-refractivity contribution in [2.75, 3.05) is 6.61 Å². The number of hydrogen-bond acceptors (Lipinski definition) is 4. The van der Waals surface area contributed by atoms with Crippen LogP contribution in [0, 0.1) is 0 Å². The van der Waals surface area contributed by atoms with E-state index in [9.17, 15) is 31.4 Å². The van der Waals surface area contributed by atoms with E-state index >= 15 is 0 Å². The van der Waals surface area contributed by atoms with Gasteiger partial charge in [0.1, 0.15) is 12.4 Å². The number of pyridine rings is 1. The minimum Gasteiger partial charge on any atom is -0.490 e. The van der Waals surface area contributed by atoms with Crippen LogP contribution in [0.5, 0.6) is 5.75 Å². The zero-order valence-electron chi connectivity index (χ0n) is 15.9. The van der Waals surface area contributed by atoms with E-state index in [0.717, 1.165) is 24.4 Å². The Morgan fingerprint density at radius 3 is 2.27 bits per heavy atom. The number of piperidine rings is 1. The fourth-order valence-corrected chi connectivity index (χ4v) is 3.68. The maximum atomic E-state index is 12.8. The van der Waals surface area contributed by atoms with E-state index in [2.05, 4.69) is 10.3 Å². The summed E-state index contributed by atoms with van der Waals surface area (Å²) in [6.07, 6.45) is -6.79. The van der Waals surface area contributed by atoms with Crippen molar-refractivity contribution in [3.05, 3.63) is 59.4 Å². The van der Waals surface area contributed by atoms with E-state index in [4.69, 9.17) is 4.74 Å². The zero-order chi connectivity index (χ0) is 22.2. The van der Waals surface area contributed by atoms with Crippen molar-refractivity contribution in [3.8, 4) is 5.75 Å². The van der Waals surface area contributed by atoms with Crippen molar-refractivity contribution < 1.29 is 36.2 Å². The van der Waals surface area contributed by atoms with Gasteiger partial charge < -0.3 is 15.2 Å². The highest BCUT2D eigenvalue weighted by molar-refractivity contribution is 5.30. The molecule has 3 atom stereocenters. The number of nitrogens with one attached hydrogen (secondary N) is 1. The van der Waals surface area contributed by atoms with Gasteiger partial charge >= 0.3 is 12.4 Å². The predicted molar refractivity (Wildman–Crippen MR) is 95.7 cm³/mol. The number of aliphatic hydroxyl groups is 1. The first kappa shape index (κ1) is 22.4. The minimum atomic E-state index is -4.55. The topological polar surface area (TPSA) is 54.4 Å². The van der Waals surface area contributed by atoms with Crippen LogP contribution in [0.2, 0.25) is 0 Å². The molecule has 164 valence electrons. The van der Waals surface area contributed by atoms with Gasteiger partial charge in [0.15, 0.2) is 0 Å². The van der Waals surface area contributed by atoms with Gasteiger partial charge in [-0.25, -0.2) is 0 Å². The normalized spacial score (nSPS) is 25.2. The molecule has 2 aromatic rings. The molecule has 30 heavy (non-hydrogen) atoms. The summed E-state index contributed by atoms with van der Waals surface area (Å²) < 4.78 is 82.2. The van der Waals surface area contributed by atoms with Gasteiger partial charge in [-0.1, -0.05) is 12.1 Å². The fourth-order valence-electron chi connectivity index (χ4n) is 3.68. The molecule has 4 nitrogen and oxygen atoms in total. The van der Waals surface area contributed by atoms with Crippen molar-refractivity contribution >= 4 is 0 Å². The van der Waals surface area contributed by atoms with Gasteiger partial charge in [0, 0.05) is 18.3 Å². The molecule has 1 aliphatic heterocycles. The lowest BCUT2D eigenvalue weighted by atomic mass is 9.79. The summed E-state index contributed by atoms with van der Waals surface area (Å²) in [4.78, 5) is 3.53. The smallest absolute Gasteiger partial charge is 0.418 e. The summed E-state index contributed by atoms with van der Waals surface area (Å²) in [6, 6.07) is 4.53. The number of benzene rings is 1. The lowest BCUT2D eigenvalue weighted by Crippen LogP contribution is -2.53. The zero-order valence-corrected chi connectivity index (χ0v) is 15.9. The SMILES string of the molecule is CC1CC(O)(c2ccc(C(F)(F)F)cc2)CC(COc2cncc(C(F)(F)F)c2)N1. The number of rotatable bonds is 4. The average Bonchev–Trinajstić information content (AvgIpc) is 2.65. The number of alkyl halides is 6. The molecule has 1 fully saturated rings. The van der Waals surface area contributed by atoms with Gasteiger partial charge in [-0.2, -0.15) is 26.3 Å². The second-order valence-electron chi connectivity index (χ2n) is 7.50. The fraction of sp³-hybridized carbons (Fsp3) is 0.450. The molecule has 1 aromatic carbocycles. The first-order valence-corrected chi connectivity index (χ1v) is 9.18. The van der Waals surface area contributed by atoms with Crippen LogP contribution in [0.4, 0.5) is 26.3 Å². The number of aromatic nitrogens is 1. The van der Waals surface area contributed by atoms with E-state index < -0.39 is 35.1 Å². The summed E-state index contributed by atoms with van der Waals surface area (Å²) in [6.45, 7) is 1.75. The van der Waals surface area contributed by atoms with Crippen LogP contribution in [-0.4, -0.2) is 28.8 Å². The van der Waals surface area contributed by atoms with Crippen LogP contribution in [0.25, 0.3) is 0 Å². The Morgan fingerprint density at radius 2 is 1.67 bits per heavy atom. The Labute approximate surface area is 168 Å². The Kier molecular flexibility index (Phi) is 6.01.